The highest BCUT2D eigenvalue weighted by Gasteiger charge is 2.15. The Hall–Kier alpha value is -1.06. The van der Waals surface area contributed by atoms with Crippen LogP contribution in [0.3, 0.4) is 0 Å². The lowest BCUT2D eigenvalue weighted by Crippen LogP contribution is -2.32. The van der Waals surface area contributed by atoms with Crippen molar-refractivity contribution >= 4 is 0 Å². The van der Waals surface area contributed by atoms with Gasteiger partial charge in [0.2, 0.25) is 0 Å². The molecule has 0 unspecified atom stereocenters. The molecule has 1 fully saturated rings. The van der Waals surface area contributed by atoms with Crippen LogP contribution in [0.1, 0.15) is 24.8 Å². The SMILES string of the molecule is Cc1ccccc1OCCCN(C)C[C@H]1CCCOC1. The molecule has 3 nitrogen and oxygen atoms in total. The van der Waals surface area contributed by atoms with Crippen molar-refractivity contribution in [3.63, 3.8) is 0 Å². The van der Waals surface area contributed by atoms with Crippen molar-refractivity contribution in [2.24, 2.45) is 5.92 Å². The largest absolute Gasteiger partial charge is 0.493 e. The third-order valence-electron chi connectivity index (χ3n) is 3.86. The zero-order valence-corrected chi connectivity index (χ0v) is 12.8. The zero-order valence-electron chi connectivity index (χ0n) is 12.8. The summed E-state index contributed by atoms with van der Waals surface area (Å²) >= 11 is 0. The summed E-state index contributed by atoms with van der Waals surface area (Å²) in [5.74, 6) is 1.72. The zero-order chi connectivity index (χ0) is 14.2. The van der Waals surface area contributed by atoms with Gasteiger partial charge in [0.25, 0.3) is 0 Å². The van der Waals surface area contributed by atoms with Crippen molar-refractivity contribution in [3.8, 4) is 5.75 Å². The fourth-order valence-electron chi connectivity index (χ4n) is 2.72. The number of hydrogen-bond acceptors (Lipinski definition) is 3. The lowest BCUT2D eigenvalue weighted by Gasteiger charge is -2.27. The number of aryl methyl sites for hydroxylation is 1. The molecule has 20 heavy (non-hydrogen) atoms. The molecule has 2 rings (SSSR count). The van der Waals surface area contributed by atoms with Gasteiger partial charge >= 0.3 is 0 Å². The molecule has 0 saturated carbocycles. The number of benzene rings is 1. The minimum Gasteiger partial charge on any atom is -0.493 e. The summed E-state index contributed by atoms with van der Waals surface area (Å²) in [6, 6.07) is 8.20. The molecule has 1 aromatic rings. The molecule has 0 aliphatic carbocycles. The Morgan fingerprint density at radius 2 is 2.20 bits per heavy atom. The number of ether oxygens (including phenoxy) is 2. The van der Waals surface area contributed by atoms with Gasteiger partial charge in [-0.1, -0.05) is 18.2 Å². The van der Waals surface area contributed by atoms with Gasteiger partial charge in [0.05, 0.1) is 13.2 Å². The molecule has 0 radical (unpaired) electrons. The van der Waals surface area contributed by atoms with Crippen LogP contribution in [0.4, 0.5) is 0 Å². The average molecular weight is 277 g/mol. The summed E-state index contributed by atoms with van der Waals surface area (Å²) in [6.07, 6.45) is 3.59. The topological polar surface area (TPSA) is 21.7 Å². The summed E-state index contributed by atoms with van der Waals surface area (Å²) in [5, 5.41) is 0. The van der Waals surface area contributed by atoms with Gasteiger partial charge in [0.1, 0.15) is 5.75 Å². The van der Waals surface area contributed by atoms with Crippen LogP contribution >= 0.6 is 0 Å². The fourth-order valence-corrected chi connectivity index (χ4v) is 2.72. The normalized spacial score (nSPS) is 19.2. The van der Waals surface area contributed by atoms with E-state index in [9.17, 15) is 0 Å². The molecule has 0 amide bonds. The third kappa shape index (κ3) is 5.14. The minimum atomic E-state index is 0.714. The first kappa shape index (κ1) is 15.3. The van der Waals surface area contributed by atoms with Crippen molar-refractivity contribution in [2.45, 2.75) is 26.2 Å². The first-order valence-electron chi connectivity index (χ1n) is 7.70. The molecule has 0 aromatic heterocycles. The predicted octanol–water partition coefficient (Wildman–Crippen LogP) is 3.12. The molecule has 0 N–H and O–H groups in total. The second kappa shape index (κ2) is 8.28. The van der Waals surface area contributed by atoms with E-state index in [2.05, 4.69) is 24.9 Å². The van der Waals surface area contributed by atoms with E-state index in [0.717, 1.165) is 45.1 Å². The number of rotatable bonds is 7. The van der Waals surface area contributed by atoms with Crippen molar-refractivity contribution in [2.75, 3.05) is 40.0 Å². The highest BCUT2D eigenvalue weighted by Crippen LogP contribution is 2.17. The summed E-state index contributed by atoms with van der Waals surface area (Å²) in [6.45, 7) is 6.99. The third-order valence-corrected chi connectivity index (χ3v) is 3.86. The van der Waals surface area contributed by atoms with Crippen molar-refractivity contribution in [1.29, 1.82) is 0 Å². The molecule has 0 bridgehead atoms. The van der Waals surface area contributed by atoms with Crippen LogP contribution in [-0.4, -0.2) is 44.9 Å². The number of nitrogens with zero attached hydrogens (tertiary/aromatic N) is 1. The van der Waals surface area contributed by atoms with Gasteiger partial charge in [-0.3, -0.25) is 0 Å². The molecule has 1 saturated heterocycles. The maximum absolute atomic E-state index is 5.83. The highest BCUT2D eigenvalue weighted by atomic mass is 16.5. The summed E-state index contributed by atoms with van der Waals surface area (Å²) in [4.78, 5) is 2.40. The van der Waals surface area contributed by atoms with E-state index < -0.39 is 0 Å². The van der Waals surface area contributed by atoms with Gasteiger partial charge in [0, 0.05) is 19.7 Å². The summed E-state index contributed by atoms with van der Waals surface area (Å²) in [5.41, 5.74) is 1.21. The minimum absolute atomic E-state index is 0.714. The van der Waals surface area contributed by atoms with Crippen LogP contribution < -0.4 is 4.74 Å². The average Bonchev–Trinajstić information content (AvgIpc) is 2.46. The molecule has 1 atom stereocenters. The van der Waals surface area contributed by atoms with Crippen molar-refractivity contribution in [3.05, 3.63) is 29.8 Å². The van der Waals surface area contributed by atoms with Gasteiger partial charge in [-0.15, -0.1) is 0 Å². The van der Waals surface area contributed by atoms with Gasteiger partial charge in [0.15, 0.2) is 0 Å². The maximum atomic E-state index is 5.83. The Balaban J connectivity index is 1.59. The van der Waals surface area contributed by atoms with E-state index >= 15 is 0 Å². The van der Waals surface area contributed by atoms with E-state index in [1.807, 2.05) is 18.2 Å². The monoisotopic (exact) mass is 277 g/mol. The first-order chi connectivity index (χ1) is 9.75. The Morgan fingerprint density at radius 3 is 2.95 bits per heavy atom. The van der Waals surface area contributed by atoms with Crippen LogP contribution in [0.25, 0.3) is 0 Å². The first-order valence-corrected chi connectivity index (χ1v) is 7.70. The van der Waals surface area contributed by atoms with E-state index in [-0.39, 0.29) is 0 Å². The Morgan fingerprint density at radius 1 is 1.35 bits per heavy atom. The van der Waals surface area contributed by atoms with E-state index in [4.69, 9.17) is 9.47 Å². The Bertz CT molecular complexity index is 388. The second-order valence-electron chi connectivity index (χ2n) is 5.81. The molecule has 112 valence electrons. The standard InChI is InChI=1S/C17H27NO2/c1-15-7-3-4-9-17(15)20-12-6-10-18(2)13-16-8-5-11-19-14-16/h3-4,7,9,16H,5-6,8,10-14H2,1-2H3/t16-/m1/s1. The maximum Gasteiger partial charge on any atom is 0.122 e. The molecule has 1 aromatic carbocycles. The highest BCUT2D eigenvalue weighted by molar-refractivity contribution is 5.31. The van der Waals surface area contributed by atoms with Crippen molar-refractivity contribution in [1.82, 2.24) is 4.90 Å². The predicted molar refractivity (Wildman–Crippen MR) is 82.3 cm³/mol. The van der Waals surface area contributed by atoms with Crippen molar-refractivity contribution < 1.29 is 9.47 Å². The number of hydrogen-bond donors (Lipinski definition) is 0. The van der Waals surface area contributed by atoms with Crippen LogP contribution in [0, 0.1) is 12.8 Å². The number of para-hydroxylation sites is 1. The van der Waals surface area contributed by atoms with Crippen LogP contribution in [0.5, 0.6) is 5.75 Å². The molecule has 1 aliphatic rings. The van der Waals surface area contributed by atoms with E-state index in [1.54, 1.807) is 0 Å². The lowest BCUT2D eigenvalue weighted by molar-refractivity contribution is 0.0415. The fraction of sp³-hybridized carbons (Fsp3) is 0.647. The molecule has 1 heterocycles. The van der Waals surface area contributed by atoms with Crippen LogP contribution in [0.15, 0.2) is 24.3 Å². The molecular formula is C17H27NO2. The molecular weight excluding hydrogens is 250 g/mol. The van der Waals surface area contributed by atoms with Gasteiger partial charge in [-0.05, 0) is 50.8 Å². The molecule has 1 aliphatic heterocycles. The smallest absolute Gasteiger partial charge is 0.122 e. The Kier molecular flexibility index (Phi) is 6.34. The summed E-state index contributed by atoms with van der Waals surface area (Å²) < 4.78 is 11.4. The Labute approximate surface area is 122 Å². The van der Waals surface area contributed by atoms with Gasteiger partial charge in [-0.2, -0.15) is 0 Å². The lowest BCUT2D eigenvalue weighted by atomic mass is 10.0. The quantitative estimate of drug-likeness (QED) is 0.715. The van der Waals surface area contributed by atoms with Crippen LogP contribution in [0.2, 0.25) is 0 Å². The van der Waals surface area contributed by atoms with E-state index in [0.29, 0.717) is 5.92 Å². The van der Waals surface area contributed by atoms with Crippen LogP contribution in [-0.2, 0) is 4.74 Å². The second-order valence-corrected chi connectivity index (χ2v) is 5.81. The molecule has 0 spiro atoms. The summed E-state index contributed by atoms with van der Waals surface area (Å²) in [7, 11) is 2.20. The van der Waals surface area contributed by atoms with Gasteiger partial charge in [-0.25, -0.2) is 0 Å². The molecule has 3 heteroatoms. The van der Waals surface area contributed by atoms with Gasteiger partial charge < -0.3 is 14.4 Å². The van der Waals surface area contributed by atoms with E-state index in [1.165, 1.54) is 18.4 Å².